The van der Waals surface area contributed by atoms with Crippen molar-refractivity contribution in [1.29, 1.82) is 0 Å². The molecular formula is C7H12NP. The maximum absolute atomic E-state index is 5.29. The van der Waals surface area contributed by atoms with Gasteiger partial charge in [0, 0.05) is 12.5 Å². The van der Waals surface area contributed by atoms with Gasteiger partial charge in [-0.1, -0.05) is 0 Å². The van der Waals surface area contributed by atoms with Crippen molar-refractivity contribution in [2.45, 2.75) is 0 Å². The zero-order chi connectivity index (χ0) is 6.85. The molecule has 0 spiro atoms. The predicted molar refractivity (Wildman–Crippen MR) is 42.7 cm³/mol. The lowest BCUT2D eigenvalue weighted by Crippen LogP contribution is -2.09. The maximum atomic E-state index is 5.29. The van der Waals surface area contributed by atoms with Gasteiger partial charge in [-0.2, -0.15) is 0 Å². The first-order valence-electron chi connectivity index (χ1n) is 3.12. The summed E-state index contributed by atoms with van der Waals surface area (Å²) in [5.74, 6) is 3.33. The Morgan fingerprint density at radius 3 is 2.67 bits per heavy atom. The summed E-state index contributed by atoms with van der Waals surface area (Å²) in [6.45, 7) is 3.39. The molecule has 1 saturated heterocycles. The van der Waals surface area contributed by atoms with Crippen LogP contribution in [0.1, 0.15) is 0 Å². The minimum absolute atomic E-state index is 0.119. The van der Waals surface area contributed by atoms with Gasteiger partial charge in [0.1, 0.15) is 0 Å². The molecule has 1 heterocycles. The molecule has 9 heavy (non-hydrogen) atoms. The molecule has 2 atom stereocenters. The third-order valence-electron chi connectivity index (χ3n) is 1.79. The van der Waals surface area contributed by atoms with E-state index in [0.29, 0.717) is 5.92 Å². The molecule has 0 aromatic heterocycles. The van der Waals surface area contributed by atoms with Crippen molar-refractivity contribution in [3.8, 4) is 12.3 Å². The molecule has 0 amide bonds. The van der Waals surface area contributed by atoms with Crippen molar-refractivity contribution in [1.82, 2.24) is 4.67 Å². The van der Waals surface area contributed by atoms with E-state index in [0.717, 1.165) is 6.54 Å². The number of rotatable bonds is 0. The predicted octanol–water partition coefficient (Wildman–Crippen LogP) is 1.21. The fraction of sp³-hybridized carbons (Fsp3) is 0.714. The Balaban J connectivity index is 2.46. The molecule has 0 N–H and O–H groups in total. The van der Waals surface area contributed by atoms with Gasteiger partial charge in [-0.25, -0.2) is 0 Å². The Hall–Kier alpha value is -0.0500. The van der Waals surface area contributed by atoms with Crippen LogP contribution >= 0.6 is 8.07 Å². The van der Waals surface area contributed by atoms with Crippen molar-refractivity contribution in [3.05, 3.63) is 0 Å². The fourth-order valence-corrected chi connectivity index (χ4v) is 2.69. The monoisotopic (exact) mass is 141 g/mol. The quantitative estimate of drug-likeness (QED) is 0.362. The highest BCUT2D eigenvalue weighted by Crippen LogP contribution is 2.42. The smallest absolute Gasteiger partial charge is 0.0381 e. The summed E-state index contributed by atoms with van der Waals surface area (Å²) < 4.78 is 2.37. The molecule has 1 aliphatic rings. The number of hydrogen-bond acceptors (Lipinski definition) is 1. The maximum Gasteiger partial charge on any atom is 0.0381 e. The minimum atomic E-state index is 0.119. The Morgan fingerprint density at radius 1 is 1.78 bits per heavy atom. The zero-order valence-corrected chi connectivity index (χ0v) is 6.86. The van der Waals surface area contributed by atoms with E-state index in [1.165, 1.54) is 6.16 Å². The molecule has 0 aliphatic carbocycles. The lowest BCUT2D eigenvalue weighted by atomic mass is 10.2. The molecule has 2 heteroatoms. The highest BCUT2D eigenvalue weighted by Gasteiger charge is 2.23. The minimum Gasteiger partial charge on any atom is -0.284 e. The molecule has 0 saturated carbocycles. The SMILES string of the molecule is C#CC1CN(C)P(C)C1. The van der Waals surface area contributed by atoms with Crippen LogP contribution in [0.2, 0.25) is 0 Å². The molecule has 0 bridgehead atoms. The lowest BCUT2D eigenvalue weighted by Gasteiger charge is -2.12. The largest absolute Gasteiger partial charge is 0.284 e. The van der Waals surface area contributed by atoms with E-state index >= 15 is 0 Å². The highest BCUT2D eigenvalue weighted by atomic mass is 31.1. The van der Waals surface area contributed by atoms with Crippen LogP contribution in [-0.2, 0) is 0 Å². The Kier molecular flexibility index (Phi) is 2.11. The van der Waals surface area contributed by atoms with Gasteiger partial charge in [0.2, 0.25) is 0 Å². The Bertz CT molecular complexity index is 128. The molecule has 50 valence electrons. The van der Waals surface area contributed by atoms with Crippen LogP contribution < -0.4 is 0 Å². The van der Waals surface area contributed by atoms with Crippen LogP contribution in [0.15, 0.2) is 0 Å². The number of hydrogen-bond donors (Lipinski definition) is 0. The highest BCUT2D eigenvalue weighted by molar-refractivity contribution is 7.54. The van der Waals surface area contributed by atoms with Crippen LogP contribution in [0.3, 0.4) is 0 Å². The van der Waals surface area contributed by atoms with Crippen LogP contribution in [0.4, 0.5) is 0 Å². The van der Waals surface area contributed by atoms with Crippen molar-refractivity contribution in [2.24, 2.45) is 5.92 Å². The lowest BCUT2D eigenvalue weighted by molar-refractivity contribution is 0.541. The van der Waals surface area contributed by atoms with Crippen LogP contribution in [0, 0.1) is 18.3 Å². The Morgan fingerprint density at radius 2 is 2.44 bits per heavy atom. The summed E-state index contributed by atoms with van der Waals surface area (Å²) in [5, 5.41) is 0. The van der Waals surface area contributed by atoms with E-state index in [4.69, 9.17) is 6.42 Å². The van der Waals surface area contributed by atoms with Gasteiger partial charge in [0.15, 0.2) is 0 Å². The van der Waals surface area contributed by atoms with E-state index in [-0.39, 0.29) is 8.07 Å². The third-order valence-corrected chi connectivity index (χ3v) is 4.09. The summed E-state index contributed by atoms with van der Waals surface area (Å²) in [6.07, 6.45) is 6.53. The second kappa shape index (κ2) is 2.69. The molecule has 1 fully saturated rings. The molecular weight excluding hydrogens is 129 g/mol. The first-order chi connectivity index (χ1) is 4.24. The zero-order valence-electron chi connectivity index (χ0n) is 5.96. The molecule has 1 aliphatic heterocycles. The molecule has 1 rings (SSSR count). The molecule has 0 aromatic rings. The summed E-state index contributed by atoms with van der Waals surface area (Å²) >= 11 is 0. The van der Waals surface area contributed by atoms with Crippen molar-refractivity contribution >= 4 is 8.07 Å². The molecule has 0 aromatic carbocycles. The fourth-order valence-electron chi connectivity index (χ4n) is 1.08. The van der Waals surface area contributed by atoms with Gasteiger partial charge in [-0.15, -0.1) is 12.3 Å². The van der Waals surface area contributed by atoms with Crippen LogP contribution in [-0.4, -0.2) is 31.1 Å². The van der Waals surface area contributed by atoms with Gasteiger partial charge in [0.05, 0.1) is 0 Å². The first kappa shape index (κ1) is 7.06. The average Bonchev–Trinajstić information content (AvgIpc) is 2.13. The van der Waals surface area contributed by atoms with Gasteiger partial charge in [0.25, 0.3) is 0 Å². The van der Waals surface area contributed by atoms with E-state index in [1.807, 2.05) is 0 Å². The number of terminal acetylenes is 1. The van der Waals surface area contributed by atoms with Crippen LogP contribution in [0.25, 0.3) is 0 Å². The summed E-state index contributed by atoms with van der Waals surface area (Å²) in [7, 11) is 2.28. The van der Waals surface area contributed by atoms with E-state index in [1.54, 1.807) is 0 Å². The second-order valence-electron chi connectivity index (χ2n) is 2.54. The topological polar surface area (TPSA) is 3.24 Å². The molecule has 0 radical (unpaired) electrons. The third kappa shape index (κ3) is 1.45. The van der Waals surface area contributed by atoms with Crippen molar-refractivity contribution in [2.75, 3.05) is 26.4 Å². The van der Waals surface area contributed by atoms with E-state index < -0.39 is 0 Å². The average molecular weight is 141 g/mol. The van der Waals surface area contributed by atoms with Crippen molar-refractivity contribution < 1.29 is 0 Å². The Labute approximate surface area is 58.2 Å². The van der Waals surface area contributed by atoms with Gasteiger partial charge >= 0.3 is 0 Å². The molecule has 2 unspecified atom stereocenters. The van der Waals surface area contributed by atoms with E-state index in [2.05, 4.69) is 24.3 Å². The van der Waals surface area contributed by atoms with Crippen LogP contribution in [0.5, 0.6) is 0 Å². The van der Waals surface area contributed by atoms with Gasteiger partial charge in [-0.05, 0) is 27.9 Å². The number of nitrogens with zero attached hydrogens (tertiary/aromatic N) is 1. The van der Waals surface area contributed by atoms with E-state index in [9.17, 15) is 0 Å². The normalized spacial score (nSPS) is 36.6. The standard InChI is InChI=1S/C7H12NP/c1-4-7-5-8(2)9(3)6-7/h1,7H,5-6H2,2-3H3. The summed E-state index contributed by atoms with van der Waals surface area (Å²) in [4.78, 5) is 0. The summed E-state index contributed by atoms with van der Waals surface area (Å²) in [6, 6.07) is 0. The first-order valence-corrected chi connectivity index (χ1v) is 5.05. The second-order valence-corrected chi connectivity index (χ2v) is 4.91. The summed E-state index contributed by atoms with van der Waals surface area (Å²) in [5.41, 5.74) is 0. The van der Waals surface area contributed by atoms with Gasteiger partial charge < -0.3 is 0 Å². The van der Waals surface area contributed by atoms with Gasteiger partial charge in [-0.3, -0.25) is 4.67 Å². The van der Waals surface area contributed by atoms with Crippen molar-refractivity contribution in [3.63, 3.8) is 0 Å². The molecule has 1 nitrogen and oxygen atoms in total.